The van der Waals surface area contributed by atoms with Crippen LogP contribution in [0.25, 0.3) is 0 Å². The van der Waals surface area contributed by atoms with Crippen molar-refractivity contribution in [3.63, 3.8) is 0 Å². The molecule has 0 aromatic heterocycles. The molecule has 1 saturated heterocycles. The molecule has 3 atom stereocenters. The summed E-state index contributed by atoms with van der Waals surface area (Å²) in [5.74, 6) is -6.27. The minimum absolute atomic E-state index is 0.0180. The second-order valence-corrected chi connectivity index (χ2v) is 9.02. The monoisotopic (exact) mass is 541 g/mol. The van der Waals surface area contributed by atoms with Crippen molar-refractivity contribution in [1.29, 1.82) is 0 Å². The smallest absolute Gasteiger partial charge is 0.444 e. The van der Waals surface area contributed by atoms with E-state index in [-0.39, 0.29) is 16.2 Å². The maximum absolute atomic E-state index is 13.1. The molecule has 0 bridgehead atoms. The fourth-order valence-corrected chi connectivity index (χ4v) is 3.17. The summed E-state index contributed by atoms with van der Waals surface area (Å²) in [7, 11) is 0. The third-order valence-corrected chi connectivity index (χ3v) is 5.28. The molecule has 3 rings (SSSR count). The number of carbonyl (C=O) groups is 6. The number of rotatable bonds is 9. The molecule has 1 aliphatic rings. The topological polar surface area (TPSA) is 152 Å². The van der Waals surface area contributed by atoms with Crippen LogP contribution in [0, 0.1) is 11.8 Å². The van der Waals surface area contributed by atoms with Crippen molar-refractivity contribution < 1.29 is 52.6 Å². The van der Waals surface area contributed by atoms with E-state index in [9.17, 15) is 28.8 Å². The van der Waals surface area contributed by atoms with Gasteiger partial charge in [0.2, 0.25) is 12.2 Å². The Bertz CT molecular complexity index is 1160. The lowest BCUT2D eigenvalue weighted by molar-refractivity contribution is -0.202. The maximum atomic E-state index is 13.1. The first kappa shape index (κ1) is 28.8. The molecule has 2 amide bonds. The molecule has 1 fully saturated rings. The van der Waals surface area contributed by atoms with Crippen LogP contribution in [0.2, 0.25) is 0 Å². The van der Waals surface area contributed by atoms with Gasteiger partial charge in [-0.2, -0.15) is 0 Å². The van der Waals surface area contributed by atoms with Gasteiger partial charge in [-0.1, -0.05) is 69.2 Å². The molecule has 0 saturated carbocycles. The van der Waals surface area contributed by atoms with Gasteiger partial charge in [0.15, 0.2) is 0 Å². The number of hydrogen-bond acceptors (Lipinski definition) is 11. The zero-order valence-electron chi connectivity index (χ0n) is 21.6. The van der Waals surface area contributed by atoms with E-state index in [1.165, 1.54) is 24.3 Å². The number of imide groups is 1. The fourth-order valence-electron chi connectivity index (χ4n) is 3.17. The van der Waals surface area contributed by atoms with E-state index in [0.29, 0.717) is 0 Å². The van der Waals surface area contributed by atoms with Gasteiger partial charge >= 0.3 is 35.9 Å². The van der Waals surface area contributed by atoms with Gasteiger partial charge in [-0.05, 0) is 24.3 Å². The zero-order chi connectivity index (χ0) is 28.7. The number of esters is 3. The fraction of sp³-hybridized carbons (Fsp3) is 0.333. The number of hydroxylamine groups is 2. The number of benzene rings is 2. The third-order valence-electron chi connectivity index (χ3n) is 5.28. The van der Waals surface area contributed by atoms with Crippen LogP contribution in [0.4, 0.5) is 4.79 Å². The predicted octanol–water partition coefficient (Wildman–Crippen LogP) is 3.06. The minimum atomic E-state index is -1.97. The van der Waals surface area contributed by atoms with E-state index in [1.54, 1.807) is 64.1 Å². The molecule has 1 unspecified atom stereocenters. The first-order chi connectivity index (χ1) is 18.5. The largest absolute Gasteiger partial charge is 0.537 e. The zero-order valence-corrected chi connectivity index (χ0v) is 21.6. The Hall–Kier alpha value is -4.74. The van der Waals surface area contributed by atoms with Crippen molar-refractivity contribution in [2.75, 3.05) is 0 Å². The number of ether oxygens (including phenoxy) is 4. The van der Waals surface area contributed by atoms with Crippen molar-refractivity contribution >= 4 is 35.9 Å². The minimum Gasteiger partial charge on any atom is -0.444 e. The lowest BCUT2D eigenvalue weighted by Gasteiger charge is -2.22. The Balaban J connectivity index is 1.80. The summed E-state index contributed by atoms with van der Waals surface area (Å²) in [6.07, 6.45) is -6.88. The Labute approximate surface area is 223 Å². The van der Waals surface area contributed by atoms with E-state index < -0.39 is 66.2 Å². The van der Waals surface area contributed by atoms with E-state index >= 15 is 0 Å². The molecule has 0 radical (unpaired) electrons. The molecule has 1 aliphatic heterocycles. The summed E-state index contributed by atoms with van der Waals surface area (Å²) < 4.78 is 20.5. The Morgan fingerprint density at radius 2 is 1.13 bits per heavy atom. The highest BCUT2D eigenvalue weighted by atomic mass is 16.9. The van der Waals surface area contributed by atoms with Crippen LogP contribution in [0.3, 0.4) is 0 Å². The number of carbonyl (C=O) groups excluding carboxylic acids is 6. The van der Waals surface area contributed by atoms with E-state index in [0.717, 1.165) is 0 Å². The van der Waals surface area contributed by atoms with Gasteiger partial charge in [0.1, 0.15) is 0 Å². The van der Waals surface area contributed by atoms with Crippen LogP contribution in [0.15, 0.2) is 60.7 Å². The Morgan fingerprint density at radius 1 is 0.692 bits per heavy atom. The number of amides is 2. The molecule has 12 nitrogen and oxygen atoms in total. The molecule has 0 spiro atoms. The van der Waals surface area contributed by atoms with Crippen molar-refractivity contribution in [3.05, 3.63) is 71.8 Å². The van der Waals surface area contributed by atoms with Gasteiger partial charge in [-0.15, -0.1) is 0 Å². The summed E-state index contributed by atoms with van der Waals surface area (Å²) in [5.41, 5.74) is 0.104. The second kappa shape index (κ2) is 12.7. The summed E-state index contributed by atoms with van der Waals surface area (Å²) in [6, 6.07) is 15.1. The predicted molar refractivity (Wildman–Crippen MR) is 130 cm³/mol. The maximum Gasteiger partial charge on any atom is 0.537 e. The van der Waals surface area contributed by atoms with Crippen molar-refractivity contribution in [1.82, 2.24) is 5.06 Å². The van der Waals surface area contributed by atoms with E-state index in [1.807, 2.05) is 0 Å². The summed E-state index contributed by atoms with van der Waals surface area (Å²) in [4.78, 5) is 80.6. The molecule has 0 aliphatic carbocycles. The molecular formula is C27H27NO11. The Morgan fingerprint density at radius 3 is 1.51 bits per heavy atom. The third kappa shape index (κ3) is 7.18. The SMILES string of the molecule is CC(C)C(=O)OC(OC(=O)ON1C(=O)[C@H](OC(=O)c2ccccc2)[C@@H](OC(=O)c2ccccc2)C1=O)C(C)C. The van der Waals surface area contributed by atoms with Gasteiger partial charge in [-0.3, -0.25) is 19.2 Å². The lowest BCUT2D eigenvalue weighted by Crippen LogP contribution is -2.38. The van der Waals surface area contributed by atoms with Crippen LogP contribution < -0.4 is 0 Å². The molecule has 0 N–H and O–H groups in total. The van der Waals surface area contributed by atoms with Gasteiger partial charge in [-0.25, -0.2) is 14.4 Å². The molecule has 2 aromatic rings. The first-order valence-electron chi connectivity index (χ1n) is 12.0. The molecule has 39 heavy (non-hydrogen) atoms. The lowest BCUT2D eigenvalue weighted by atomic mass is 10.2. The molecular weight excluding hydrogens is 514 g/mol. The van der Waals surface area contributed by atoms with Crippen molar-refractivity contribution in [2.24, 2.45) is 11.8 Å². The summed E-state index contributed by atoms with van der Waals surface area (Å²) in [6.45, 7) is 6.34. The number of hydrogen-bond donors (Lipinski definition) is 0. The summed E-state index contributed by atoms with van der Waals surface area (Å²) in [5, 5.41) is -0.0180. The van der Waals surface area contributed by atoms with Crippen molar-refractivity contribution in [2.45, 2.75) is 46.2 Å². The normalized spacial score (nSPS) is 17.5. The first-order valence-corrected chi connectivity index (χ1v) is 12.0. The summed E-state index contributed by atoms with van der Waals surface area (Å²) >= 11 is 0. The Kier molecular flexibility index (Phi) is 9.37. The van der Waals surface area contributed by atoms with Crippen LogP contribution in [0.1, 0.15) is 48.4 Å². The highest BCUT2D eigenvalue weighted by Crippen LogP contribution is 2.24. The van der Waals surface area contributed by atoms with Crippen LogP contribution in [-0.4, -0.2) is 59.4 Å². The van der Waals surface area contributed by atoms with Crippen LogP contribution in [-0.2, 0) is 38.2 Å². The number of nitrogens with zero attached hydrogens (tertiary/aromatic N) is 1. The van der Waals surface area contributed by atoms with Gasteiger partial charge in [0.25, 0.3) is 6.29 Å². The molecule has 206 valence electrons. The van der Waals surface area contributed by atoms with Gasteiger partial charge in [0, 0.05) is 5.92 Å². The quantitative estimate of drug-likeness (QED) is 0.199. The van der Waals surface area contributed by atoms with Crippen molar-refractivity contribution in [3.8, 4) is 0 Å². The highest BCUT2D eigenvalue weighted by Gasteiger charge is 2.55. The van der Waals surface area contributed by atoms with E-state index in [2.05, 4.69) is 0 Å². The average molecular weight is 542 g/mol. The van der Waals surface area contributed by atoms with Crippen LogP contribution in [0.5, 0.6) is 0 Å². The molecule has 1 heterocycles. The average Bonchev–Trinajstić information content (AvgIpc) is 3.12. The molecule has 12 heteroatoms. The highest BCUT2D eigenvalue weighted by molar-refractivity contribution is 6.09. The van der Waals surface area contributed by atoms with E-state index in [4.69, 9.17) is 23.8 Å². The van der Waals surface area contributed by atoms with Gasteiger partial charge < -0.3 is 18.9 Å². The standard InChI is InChI=1S/C27H27NO11/c1-15(2)23(31)37-26(16(3)4)38-27(34)39-28-21(29)19(35-24(32)17-11-7-5-8-12-17)20(22(28)30)36-25(33)18-13-9-6-10-14-18/h5-16,19-20,26H,1-4H3/t19-,20-,26?/m1/s1. The van der Waals surface area contributed by atoms with Gasteiger partial charge in [0.05, 0.1) is 17.0 Å². The van der Waals surface area contributed by atoms with Crippen LogP contribution >= 0.6 is 0 Å². The molecule has 2 aromatic carbocycles. The second-order valence-electron chi connectivity index (χ2n) is 9.02.